The van der Waals surface area contributed by atoms with Gasteiger partial charge in [0.15, 0.2) is 0 Å². The van der Waals surface area contributed by atoms with Gasteiger partial charge in [0.25, 0.3) is 5.91 Å². The minimum atomic E-state index is -0.156. The lowest BCUT2D eigenvalue weighted by Gasteiger charge is -2.05. The number of hydrogen-bond donors (Lipinski definition) is 2. The van der Waals surface area contributed by atoms with Crippen LogP contribution in [0.4, 0.5) is 5.69 Å². The molecule has 0 aliphatic rings. The van der Waals surface area contributed by atoms with Gasteiger partial charge in [0, 0.05) is 24.3 Å². The van der Waals surface area contributed by atoms with E-state index in [1.807, 2.05) is 36.5 Å². The van der Waals surface area contributed by atoms with Crippen LogP contribution in [0.3, 0.4) is 0 Å². The normalized spacial score (nSPS) is 10.3. The number of nitrogens with zero attached hydrogens (tertiary/aromatic N) is 2. The van der Waals surface area contributed by atoms with Crippen molar-refractivity contribution in [2.24, 2.45) is 0 Å². The van der Waals surface area contributed by atoms with Crippen molar-refractivity contribution in [2.45, 2.75) is 0 Å². The number of hydrogen-bond acceptors (Lipinski definition) is 2. The van der Waals surface area contributed by atoms with Crippen molar-refractivity contribution >= 4 is 11.6 Å². The second-order valence-corrected chi connectivity index (χ2v) is 4.04. The van der Waals surface area contributed by atoms with Crippen LogP contribution in [-0.4, -0.2) is 20.7 Å². The minimum Gasteiger partial charge on any atom is -0.357 e. The van der Waals surface area contributed by atoms with Gasteiger partial charge in [0.1, 0.15) is 5.69 Å². The van der Waals surface area contributed by atoms with Crippen LogP contribution in [0.25, 0.3) is 5.69 Å². The van der Waals surface area contributed by atoms with Crippen molar-refractivity contribution in [1.82, 2.24) is 14.8 Å². The molecule has 19 heavy (non-hydrogen) atoms. The summed E-state index contributed by atoms with van der Waals surface area (Å²) in [5.74, 6) is -0.156. The van der Waals surface area contributed by atoms with Gasteiger partial charge in [-0.05, 0) is 42.5 Å². The number of carbonyl (C=O) groups is 1. The van der Waals surface area contributed by atoms with E-state index in [2.05, 4.69) is 15.4 Å². The van der Waals surface area contributed by atoms with Gasteiger partial charge in [-0.1, -0.05) is 0 Å². The molecule has 0 aliphatic carbocycles. The monoisotopic (exact) mass is 252 g/mol. The van der Waals surface area contributed by atoms with Crippen LogP contribution in [-0.2, 0) is 0 Å². The molecule has 94 valence electrons. The molecule has 1 amide bonds. The zero-order chi connectivity index (χ0) is 13.1. The largest absolute Gasteiger partial charge is 0.357 e. The first-order chi connectivity index (χ1) is 9.33. The highest BCUT2D eigenvalue weighted by Crippen LogP contribution is 2.13. The second-order valence-electron chi connectivity index (χ2n) is 4.04. The van der Waals surface area contributed by atoms with Crippen molar-refractivity contribution in [1.29, 1.82) is 0 Å². The predicted molar refractivity (Wildman–Crippen MR) is 72.3 cm³/mol. The molecule has 0 saturated carbocycles. The molecule has 0 saturated heterocycles. The summed E-state index contributed by atoms with van der Waals surface area (Å²) in [6.07, 6.45) is 5.31. The number of amides is 1. The van der Waals surface area contributed by atoms with Crippen molar-refractivity contribution in [2.75, 3.05) is 5.32 Å². The highest BCUT2D eigenvalue weighted by Gasteiger charge is 2.06. The maximum atomic E-state index is 11.8. The Morgan fingerprint density at radius 1 is 1.16 bits per heavy atom. The molecule has 3 aromatic rings. The minimum absolute atomic E-state index is 0.156. The van der Waals surface area contributed by atoms with E-state index < -0.39 is 0 Å². The van der Waals surface area contributed by atoms with E-state index in [0.717, 1.165) is 11.4 Å². The zero-order valence-corrected chi connectivity index (χ0v) is 10.1. The van der Waals surface area contributed by atoms with E-state index in [1.165, 1.54) is 0 Å². The molecule has 3 rings (SSSR count). The third kappa shape index (κ3) is 2.40. The highest BCUT2D eigenvalue weighted by molar-refractivity contribution is 6.02. The van der Waals surface area contributed by atoms with E-state index in [9.17, 15) is 4.79 Å². The molecule has 0 bridgehead atoms. The molecule has 0 atom stereocenters. The highest BCUT2D eigenvalue weighted by atomic mass is 16.1. The van der Waals surface area contributed by atoms with Crippen LogP contribution < -0.4 is 5.32 Å². The Balaban J connectivity index is 1.75. The Hall–Kier alpha value is -2.82. The Labute approximate surface area is 109 Å². The molecule has 5 nitrogen and oxygen atoms in total. The first-order valence-corrected chi connectivity index (χ1v) is 5.88. The van der Waals surface area contributed by atoms with E-state index >= 15 is 0 Å². The quantitative estimate of drug-likeness (QED) is 0.752. The van der Waals surface area contributed by atoms with E-state index in [1.54, 1.807) is 29.2 Å². The number of aromatic amines is 1. The van der Waals surface area contributed by atoms with Crippen molar-refractivity contribution in [3.63, 3.8) is 0 Å². The lowest BCUT2D eigenvalue weighted by molar-refractivity contribution is 0.102. The summed E-state index contributed by atoms with van der Waals surface area (Å²) >= 11 is 0. The first kappa shape index (κ1) is 11.3. The SMILES string of the molecule is O=C(Nc1ccc(-n2cccn2)cc1)c1ccc[nH]1. The molecule has 5 heteroatoms. The molecule has 2 heterocycles. The first-order valence-electron chi connectivity index (χ1n) is 5.88. The van der Waals surface area contributed by atoms with Gasteiger partial charge in [0.2, 0.25) is 0 Å². The van der Waals surface area contributed by atoms with Gasteiger partial charge in [-0.3, -0.25) is 4.79 Å². The fourth-order valence-corrected chi connectivity index (χ4v) is 1.79. The summed E-state index contributed by atoms with van der Waals surface area (Å²) in [5.41, 5.74) is 2.23. The Morgan fingerprint density at radius 3 is 2.63 bits per heavy atom. The molecule has 0 unspecified atom stereocenters. The molecule has 1 aromatic carbocycles. The third-order valence-electron chi connectivity index (χ3n) is 2.74. The number of nitrogens with one attached hydrogen (secondary N) is 2. The van der Waals surface area contributed by atoms with Crippen molar-refractivity contribution in [3.05, 3.63) is 66.7 Å². The Kier molecular flexibility index (Phi) is 2.86. The average molecular weight is 252 g/mol. The number of anilines is 1. The summed E-state index contributed by atoms with van der Waals surface area (Å²) in [6.45, 7) is 0. The van der Waals surface area contributed by atoms with Crippen molar-refractivity contribution in [3.8, 4) is 5.69 Å². The number of H-pyrrole nitrogens is 1. The Bertz CT molecular complexity index is 654. The molecule has 0 spiro atoms. The molecule has 2 N–H and O–H groups in total. The van der Waals surface area contributed by atoms with Gasteiger partial charge in [0.05, 0.1) is 5.69 Å². The second kappa shape index (κ2) is 4.81. The van der Waals surface area contributed by atoms with Gasteiger partial charge in [-0.25, -0.2) is 4.68 Å². The molecule has 2 aromatic heterocycles. The lowest BCUT2D eigenvalue weighted by Crippen LogP contribution is -2.12. The number of rotatable bonds is 3. The third-order valence-corrected chi connectivity index (χ3v) is 2.74. The number of benzene rings is 1. The van der Waals surface area contributed by atoms with Crippen LogP contribution in [0.1, 0.15) is 10.5 Å². The maximum Gasteiger partial charge on any atom is 0.272 e. The summed E-state index contributed by atoms with van der Waals surface area (Å²) in [5, 5.41) is 6.96. The van der Waals surface area contributed by atoms with Crippen LogP contribution in [0.5, 0.6) is 0 Å². The summed E-state index contributed by atoms with van der Waals surface area (Å²) in [4.78, 5) is 14.7. The van der Waals surface area contributed by atoms with Crippen LogP contribution in [0.2, 0.25) is 0 Å². The fourth-order valence-electron chi connectivity index (χ4n) is 1.79. The van der Waals surface area contributed by atoms with Gasteiger partial charge < -0.3 is 10.3 Å². The van der Waals surface area contributed by atoms with E-state index in [-0.39, 0.29) is 5.91 Å². The smallest absolute Gasteiger partial charge is 0.272 e. The average Bonchev–Trinajstić information content (AvgIpc) is 3.13. The molecular weight excluding hydrogens is 240 g/mol. The summed E-state index contributed by atoms with van der Waals surface area (Å²) in [6, 6.07) is 12.9. The van der Waals surface area contributed by atoms with Gasteiger partial charge in [-0.2, -0.15) is 5.10 Å². The van der Waals surface area contributed by atoms with Crippen LogP contribution in [0.15, 0.2) is 61.1 Å². The topological polar surface area (TPSA) is 62.7 Å². The fraction of sp³-hybridized carbons (Fsp3) is 0. The predicted octanol–water partition coefficient (Wildman–Crippen LogP) is 2.45. The summed E-state index contributed by atoms with van der Waals surface area (Å²) < 4.78 is 1.76. The molecule has 0 radical (unpaired) electrons. The zero-order valence-electron chi connectivity index (χ0n) is 10.1. The molecule has 0 aliphatic heterocycles. The van der Waals surface area contributed by atoms with E-state index in [4.69, 9.17) is 0 Å². The maximum absolute atomic E-state index is 11.8. The molecular formula is C14H12N4O. The van der Waals surface area contributed by atoms with Gasteiger partial charge in [-0.15, -0.1) is 0 Å². The van der Waals surface area contributed by atoms with Crippen LogP contribution in [0, 0.1) is 0 Å². The summed E-state index contributed by atoms with van der Waals surface area (Å²) in [7, 11) is 0. The standard InChI is InChI=1S/C14H12N4O/c19-14(13-3-1-8-15-13)17-11-4-6-12(7-5-11)18-10-2-9-16-18/h1-10,15H,(H,17,19). The molecule has 0 fully saturated rings. The van der Waals surface area contributed by atoms with Crippen LogP contribution >= 0.6 is 0 Å². The number of carbonyl (C=O) groups excluding carboxylic acids is 1. The van der Waals surface area contributed by atoms with E-state index in [0.29, 0.717) is 5.69 Å². The van der Waals surface area contributed by atoms with Crippen molar-refractivity contribution < 1.29 is 4.79 Å². The van der Waals surface area contributed by atoms with Gasteiger partial charge >= 0.3 is 0 Å². The lowest BCUT2D eigenvalue weighted by atomic mass is 10.2. The number of aromatic nitrogens is 3. The Morgan fingerprint density at radius 2 is 2.00 bits per heavy atom.